The molecule has 2 heterocycles. The lowest BCUT2D eigenvalue weighted by Crippen LogP contribution is -2.43. The minimum atomic E-state index is 0.176. The third-order valence-electron chi connectivity index (χ3n) is 5.15. The van der Waals surface area contributed by atoms with E-state index < -0.39 is 0 Å². The van der Waals surface area contributed by atoms with E-state index in [1.165, 1.54) is 5.56 Å². The zero-order valence-corrected chi connectivity index (χ0v) is 13.5. The molecule has 2 aliphatic heterocycles. The zero-order chi connectivity index (χ0) is 15.4. The fraction of sp³-hybridized carbons (Fsp3) is 0.632. The van der Waals surface area contributed by atoms with E-state index in [9.17, 15) is 4.79 Å². The molecule has 0 spiro atoms. The molecule has 0 N–H and O–H groups in total. The van der Waals surface area contributed by atoms with Crippen LogP contribution in [0, 0.1) is 5.92 Å². The molecule has 2 saturated heterocycles. The van der Waals surface area contributed by atoms with E-state index in [-0.39, 0.29) is 12.0 Å². The highest BCUT2D eigenvalue weighted by Crippen LogP contribution is 2.29. The highest BCUT2D eigenvalue weighted by Gasteiger charge is 2.35. The van der Waals surface area contributed by atoms with Crippen LogP contribution in [0.5, 0.6) is 0 Å². The first-order chi connectivity index (χ1) is 10.8. The molecule has 0 aliphatic carbocycles. The quantitative estimate of drug-likeness (QED) is 0.853. The predicted octanol–water partition coefficient (Wildman–Crippen LogP) is 3.43. The molecule has 0 saturated carbocycles. The number of ether oxygens (including phenoxy) is 1. The van der Waals surface area contributed by atoms with E-state index in [4.69, 9.17) is 4.74 Å². The Bertz CT molecular complexity index is 487. The van der Waals surface area contributed by atoms with Crippen molar-refractivity contribution in [1.29, 1.82) is 0 Å². The first kappa shape index (κ1) is 15.5. The smallest absolute Gasteiger partial charge is 0.226 e. The van der Waals surface area contributed by atoms with E-state index in [1.807, 2.05) is 6.07 Å². The summed E-state index contributed by atoms with van der Waals surface area (Å²) < 4.78 is 5.72. The molecule has 3 atom stereocenters. The second-order valence-corrected chi connectivity index (χ2v) is 6.64. The van der Waals surface area contributed by atoms with Gasteiger partial charge in [-0.05, 0) is 44.1 Å². The van der Waals surface area contributed by atoms with Gasteiger partial charge in [0, 0.05) is 25.1 Å². The molecule has 3 heteroatoms. The van der Waals surface area contributed by atoms with Crippen molar-refractivity contribution in [2.75, 3.05) is 13.2 Å². The van der Waals surface area contributed by atoms with Gasteiger partial charge in [0.15, 0.2) is 0 Å². The first-order valence-electron chi connectivity index (χ1n) is 8.74. The molecule has 1 amide bonds. The van der Waals surface area contributed by atoms with Crippen LogP contribution in [0.1, 0.15) is 44.6 Å². The summed E-state index contributed by atoms with van der Waals surface area (Å²) in [6, 6.07) is 10.9. The Balaban J connectivity index is 1.63. The van der Waals surface area contributed by atoms with Gasteiger partial charge in [0.2, 0.25) is 5.91 Å². The van der Waals surface area contributed by atoms with Crippen LogP contribution in [0.3, 0.4) is 0 Å². The number of benzene rings is 1. The van der Waals surface area contributed by atoms with Gasteiger partial charge < -0.3 is 9.64 Å². The SMILES string of the molecule is CCC1CC(C(=O)N2CCCC2Cc2ccccc2)CCO1. The summed E-state index contributed by atoms with van der Waals surface area (Å²) >= 11 is 0. The van der Waals surface area contributed by atoms with Crippen LogP contribution in [0.25, 0.3) is 0 Å². The fourth-order valence-electron chi connectivity index (χ4n) is 3.85. The lowest BCUT2D eigenvalue weighted by Gasteiger charge is -2.33. The highest BCUT2D eigenvalue weighted by molar-refractivity contribution is 5.79. The Labute approximate surface area is 133 Å². The van der Waals surface area contributed by atoms with E-state index in [0.29, 0.717) is 11.9 Å². The molecule has 0 radical (unpaired) electrons. The standard InChI is InChI=1S/C19H27NO2/c1-2-18-14-16(10-12-22-18)19(21)20-11-6-9-17(20)13-15-7-4-3-5-8-15/h3-5,7-8,16-18H,2,6,9-14H2,1H3. The molecule has 22 heavy (non-hydrogen) atoms. The third-order valence-corrected chi connectivity index (χ3v) is 5.15. The molecular formula is C19H27NO2. The molecule has 3 nitrogen and oxygen atoms in total. The minimum absolute atomic E-state index is 0.176. The first-order valence-corrected chi connectivity index (χ1v) is 8.74. The molecule has 120 valence electrons. The second-order valence-electron chi connectivity index (χ2n) is 6.64. The Morgan fingerprint density at radius 3 is 2.86 bits per heavy atom. The number of likely N-dealkylation sites (tertiary alicyclic amines) is 1. The van der Waals surface area contributed by atoms with Crippen molar-refractivity contribution in [3.63, 3.8) is 0 Å². The Morgan fingerprint density at radius 1 is 1.27 bits per heavy atom. The lowest BCUT2D eigenvalue weighted by molar-refractivity contribution is -0.141. The maximum Gasteiger partial charge on any atom is 0.226 e. The molecule has 3 unspecified atom stereocenters. The Hall–Kier alpha value is -1.35. The van der Waals surface area contributed by atoms with Crippen LogP contribution < -0.4 is 0 Å². The van der Waals surface area contributed by atoms with Crippen LogP contribution in [-0.2, 0) is 16.0 Å². The number of carbonyl (C=O) groups excluding carboxylic acids is 1. The van der Waals surface area contributed by atoms with Gasteiger partial charge in [0.1, 0.15) is 0 Å². The van der Waals surface area contributed by atoms with Crippen LogP contribution in [0.2, 0.25) is 0 Å². The van der Waals surface area contributed by atoms with Gasteiger partial charge in [0.25, 0.3) is 0 Å². The fourth-order valence-corrected chi connectivity index (χ4v) is 3.85. The van der Waals surface area contributed by atoms with Gasteiger partial charge in [-0.15, -0.1) is 0 Å². The number of amides is 1. The number of hydrogen-bond acceptors (Lipinski definition) is 2. The second kappa shape index (κ2) is 7.28. The summed E-state index contributed by atoms with van der Waals surface area (Å²) in [6.07, 6.45) is 6.36. The molecule has 0 aromatic heterocycles. The highest BCUT2D eigenvalue weighted by atomic mass is 16.5. The molecular weight excluding hydrogens is 274 g/mol. The summed E-state index contributed by atoms with van der Waals surface area (Å²) in [5.74, 6) is 0.551. The van der Waals surface area contributed by atoms with Gasteiger partial charge in [-0.3, -0.25) is 4.79 Å². The Morgan fingerprint density at radius 2 is 2.09 bits per heavy atom. The maximum absolute atomic E-state index is 12.9. The van der Waals surface area contributed by atoms with Crippen LogP contribution in [-0.4, -0.2) is 36.1 Å². The molecule has 3 rings (SSSR count). The van der Waals surface area contributed by atoms with E-state index in [0.717, 1.165) is 51.7 Å². The van der Waals surface area contributed by atoms with Crippen LogP contribution in [0.4, 0.5) is 0 Å². The number of rotatable bonds is 4. The van der Waals surface area contributed by atoms with Crippen LogP contribution in [0.15, 0.2) is 30.3 Å². The van der Waals surface area contributed by atoms with Gasteiger partial charge in [0.05, 0.1) is 6.10 Å². The van der Waals surface area contributed by atoms with Crippen molar-refractivity contribution in [1.82, 2.24) is 4.90 Å². The summed E-state index contributed by atoms with van der Waals surface area (Å²) in [5.41, 5.74) is 1.34. The Kier molecular flexibility index (Phi) is 5.14. The van der Waals surface area contributed by atoms with Crippen molar-refractivity contribution in [2.45, 2.75) is 57.6 Å². The van der Waals surface area contributed by atoms with Crippen molar-refractivity contribution in [2.24, 2.45) is 5.92 Å². The summed E-state index contributed by atoms with van der Waals surface area (Å²) in [4.78, 5) is 15.1. The molecule has 0 bridgehead atoms. The average molecular weight is 301 g/mol. The van der Waals surface area contributed by atoms with Crippen LogP contribution >= 0.6 is 0 Å². The van der Waals surface area contributed by atoms with Gasteiger partial charge in [-0.2, -0.15) is 0 Å². The van der Waals surface area contributed by atoms with E-state index >= 15 is 0 Å². The summed E-state index contributed by atoms with van der Waals surface area (Å²) in [7, 11) is 0. The zero-order valence-electron chi connectivity index (χ0n) is 13.5. The van der Waals surface area contributed by atoms with Gasteiger partial charge in [-0.1, -0.05) is 37.3 Å². The molecule has 2 fully saturated rings. The van der Waals surface area contributed by atoms with Gasteiger partial charge in [-0.25, -0.2) is 0 Å². The maximum atomic E-state index is 12.9. The molecule has 2 aliphatic rings. The van der Waals surface area contributed by atoms with E-state index in [1.54, 1.807) is 0 Å². The third kappa shape index (κ3) is 3.52. The summed E-state index contributed by atoms with van der Waals surface area (Å²) in [6.45, 7) is 3.82. The monoisotopic (exact) mass is 301 g/mol. The number of nitrogens with zero attached hydrogens (tertiary/aromatic N) is 1. The topological polar surface area (TPSA) is 29.5 Å². The normalized spacial score (nSPS) is 28.8. The molecule has 1 aromatic rings. The summed E-state index contributed by atoms with van der Waals surface area (Å²) in [5, 5.41) is 0. The number of carbonyl (C=O) groups is 1. The van der Waals surface area contributed by atoms with Crippen molar-refractivity contribution in [3.05, 3.63) is 35.9 Å². The van der Waals surface area contributed by atoms with Crippen molar-refractivity contribution in [3.8, 4) is 0 Å². The number of hydrogen-bond donors (Lipinski definition) is 0. The van der Waals surface area contributed by atoms with Gasteiger partial charge >= 0.3 is 0 Å². The predicted molar refractivity (Wildman–Crippen MR) is 87.6 cm³/mol. The van der Waals surface area contributed by atoms with Crippen molar-refractivity contribution >= 4 is 5.91 Å². The average Bonchev–Trinajstić information content (AvgIpc) is 3.03. The largest absolute Gasteiger partial charge is 0.378 e. The van der Waals surface area contributed by atoms with Crippen molar-refractivity contribution < 1.29 is 9.53 Å². The van der Waals surface area contributed by atoms with E-state index in [2.05, 4.69) is 36.1 Å². The lowest BCUT2D eigenvalue weighted by atomic mass is 9.92. The molecule has 1 aromatic carbocycles. The minimum Gasteiger partial charge on any atom is -0.378 e.